The molecule has 2 heterocycles. The normalized spacial score (nSPS) is 22.4. The van der Waals surface area contributed by atoms with Gasteiger partial charge in [-0.3, -0.25) is 4.68 Å². The third-order valence-electron chi connectivity index (χ3n) is 4.09. The number of hydrogen-bond acceptors (Lipinski definition) is 5. The van der Waals surface area contributed by atoms with E-state index in [1.54, 1.807) is 7.11 Å². The van der Waals surface area contributed by atoms with Crippen LogP contribution in [0.2, 0.25) is 0 Å². The van der Waals surface area contributed by atoms with Crippen LogP contribution in [0.3, 0.4) is 0 Å². The summed E-state index contributed by atoms with van der Waals surface area (Å²) < 4.78 is 18.4. The smallest absolute Gasteiger partial charge is 0.168 e. The van der Waals surface area contributed by atoms with Crippen molar-refractivity contribution in [3.05, 3.63) is 12.4 Å². The van der Waals surface area contributed by atoms with E-state index in [0.717, 1.165) is 51.1 Å². The lowest BCUT2D eigenvalue weighted by atomic mass is 9.90. The fraction of sp³-hybridized carbons (Fsp3) is 0.786. The van der Waals surface area contributed by atoms with Gasteiger partial charge in [-0.25, -0.2) is 0 Å². The van der Waals surface area contributed by atoms with E-state index < -0.39 is 0 Å². The minimum absolute atomic E-state index is 0.277. The summed E-state index contributed by atoms with van der Waals surface area (Å²) in [6.07, 6.45) is 8.01. The lowest BCUT2D eigenvalue weighted by molar-refractivity contribution is -0.177. The molecule has 0 aromatic carbocycles. The molecule has 0 radical (unpaired) electrons. The Kier molecular flexibility index (Phi) is 4.24. The largest absolute Gasteiger partial charge is 0.383 e. The van der Waals surface area contributed by atoms with Gasteiger partial charge < -0.3 is 19.5 Å². The molecule has 1 N–H and O–H groups in total. The Morgan fingerprint density at radius 1 is 1.40 bits per heavy atom. The van der Waals surface area contributed by atoms with E-state index in [2.05, 4.69) is 10.4 Å². The van der Waals surface area contributed by atoms with Crippen molar-refractivity contribution in [1.82, 2.24) is 9.78 Å². The van der Waals surface area contributed by atoms with Crippen LogP contribution in [-0.2, 0) is 20.8 Å². The Bertz CT molecular complexity index is 419. The Morgan fingerprint density at radius 3 is 2.85 bits per heavy atom. The van der Waals surface area contributed by atoms with Gasteiger partial charge >= 0.3 is 0 Å². The number of hydrogen-bond donors (Lipinski definition) is 1. The van der Waals surface area contributed by atoms with Crippen LogP contribution in [0.25, 0.3) is 0 Å². The molecular formula is C14H23N3O3. The van der Waals surface area contributed by atoms with Gasteiger partial charge in [0.2, 0.25) is 0 Å². The molecule has 1 saturated carbocycles. The monoisotopic (exact) mass is 281 g/mol. The highest BCUT2D eigenvalue weighted by atomic mass is 16.7. The molecule has 2 fully saturated rings. The molecule has 0 bridgehead atoms. The van der Waals surface area contributed by atoms with Crippen LogP contribution in [0, 0.1) is 0 Å². The molecule has 1 saturated heterocycles. The highest BCUT2D eigenvalue weighted by molar-refractivity contribution is 5.39. The molecule has 1 aromatic heterocycles. The number of anilines is 1. The second-order valence-electron chi connectivity index (χ2n) is 5.51. The summed E-state index contributed by atoms with van der Waals surface area (Å²) in [5.41, 5.74) is 1.08. The molecule has 1 spiro atoms. The first kappa shape index (κ1) is 13.9. The van der Waals surface area contributed by atoms with Gasteiger partial charge in [0.15, 0.2) is 5.79 Å². The molecule has 0 atom stereocenters. The molecule has 2 aliphatic rings. The first-order valence-corrected chi connectivity index (χ1v) is 7.35. The van der Waals surface area contributed by atoms with Gasteiger partial charge in [0.1, 0.15) is 0 Å². The summed E-state index contributed by atoms with van der Waals surface area (Å²) in [5, 5.41) is 7.86. The van der Waals surface area contributed by atoms with Crippen molar-refractivity contribution in [3.8, 4) is 0 Å². The van der Waals surface area contributed by atoms with E-state index in [1.807, 2.05) is 17.1 Å². The van der Waals surface area contributed by atoms with Crippen LogP contribution in [0.5, 0.6) is 0 Å². The van der Waals surface area contributed by atoms with Crippen LogP contribution in [0.15, 0.2) is 12.4 Å². The number of rotatable bonds is 5. The maximum Gasteiger partial charge on any atom is 0.168 e. The molecule has 1 aliphatic heterocycles. The Hall–Kier alpha value is -1.11. The molecule has 0 amide bonds. The fourth-order valence-corrected chi connectivity index (χ4v) is 2.97. The van der Waals surface area contributed by atoms with E-state index >= 15 is 0 Å². The lowest BCUT2D eigenvalue weighted by Gasteiger charge is -2.35. The Morgan fingerprint density at radius 2 is 2.15 bits per heavy atom. The highest BCUT2D eigenvalue weighted by Gasteiger charge is 2.40. The van der Waals surface area contributed by atoms with Crippen molar-refractivity contribution < 1.29 is 14.2 Å². The van der Waals surface area contributed by atoms with Crippen molar-refractivity contribution in [2.75, 3.05) is 32.2 Å². The van der Waals surface area contributed by atoms with Crippen LogP contribution in [-0.4, -0.2) is 48.5 Å². The maximum absolute atomic E-state index is 5.75. The van der Waals surface area contributed by atoms with E-state index in [-0.39, 0.29) is 5.79 Å². The minimum atomic E-state index is -0.277. The quantitative estimate of drug-likeness (QED) is 0.889. The van der Waals surface area contributed by atoms with E-state index in [9.17, 15) is 0 Å². The molecule has 0 unspecified atom stereocenters. The molecular weight excluding hydrogens is 258 g/mol. The van der Waals surface area contributed by atoms with Crippen LogP contribution < -0.4 is 5.32 Å². The number of ether oxygens (including phenoxy) is 3. The zero-order valence-electron chi connectivity index (χ0n) is 12.0. The predicted molar refractivity (Wildman–Crippen MR) is 74.6 cm³/mol. The van der Waals surface area contributed by atoms with Gasteiger partial charge in [0.25, 0.3) is 0 Å². The summed E-state index contributed by atoms with van der Waals surface area (Å²) in [5.74, 6) is -0.277. The Labute approximate surface area is 119 Å². The van der Waals surface area contributed by atoms with E-state index in [1.165, 1.54) is 0 Å². The zero-order valence-corrected chi connectivity index (χ0v) is 12.0. The third kappa shape index (κ3) is 3.13. The third-order valence-corrected chi connectivity index (χ3v) is 4.09. The first-order valence-electron chi connectivity index (χ1n) is 7.35. The molecule has 6 nitrogen and oxygen atoms in total. The van der Waals surface area contributed by atoms with Crippen LogP contribution in [0.4, 0.5) is 5.69 Å². The zero-order chi connectivity index (χ0) is 13.8. The summed E-state index contributed by atoms with van der Waals surface area (Å²) in [7, 11) is 1.70. The standard InChI is InChI=1S/C14H23N3O3/c1-18-7-6-17-11-13(10-15-17)16-12-2-4-14(5-3-12)19-8-9-20-14/h10-12,16H,2-9H2,1H3. The van der Waals surface area contributed by atoms with Crippen molar-refractivity contribution >= 4 is 5.69 Å². The average molecular weight is 281 g/mol. The van der Waals surface area contributed by atoms with Crippen LogP contribution >= 0.6 is 0 Å². The lowest BCUT2D eigenvalue weighted by Crippen LogP contribution is -2.39. The predicted octanol–water partition coefficient (Wildman–Crippen LogP) is 1.63. The second kappa shape index (κ2) is 6.11. The molecule has 20 heavy (non-hydrogen) atoms. The number of aromatic nitrogens is 2. The van der Waals surface area contributed by atoms with Gasteiger partial charge in [0.05, 0.1) is 38.2 Å². The number of methoxy groups -OCH3 is 1. The summed E-state index contributed by atoms with van der Waals surface area (Å²) in [6, 6.07) is 0.480. The van der Waals surface area contributed by atoms with Crippen molar-refractivity contribution in [2.24, 2.45) is 0 Å². The Balaban J connectivity index is 1.48. The van der Waals surface area contributed by atoms with Crippen molar-refractivity contribution in [3.63, 3.8) is 0 Å². The van der Waals surface area contributed by atoms with Crippen molar-refractivity contribution in [2.45, 2.75) is 44.1 Å². The van der Waals surface area contributed by atoms with Gasteiger partial charge in [0, 0.05) is 32.2 Å². The van der Waals surface area contributed by atoms with Gasteiger partial charge in [-0.2, -0.15) is 5.10 Å². The van der Waals surface area contributed by atoms with Gasteiger partial charge in [-0.15, -0.1) is 0 Å². The summed E-state index contributed by atoms with van der Waals surface area (Å²) >= 11 is 0. The maximum atomic E-state index is 5.75. The summed E-state index contributed by atoms with van der Waals surface area (Å²) in [4.78, 5) is 0. The molecule has 1 aliphatic carbocycles. The van der Waals surface area contributed by atoms with Gasteiger partial charge in [-0.05, 0) is 12.8 Å². The molecule has 3 rings (SSSR count). The molecule has 6 heteroatoms. The van der Waals surface area contributed by atoms with Gasteiger partial charge in [-0.1, -0.05) is 0 Å². The van der Waals surface area contributed by atoms with E-state index in [0.29, 0.717) is 12.6 Å². The summed E-state index contributed by atoms with van der Waals surface area (Å²) in [6.45, 7) is 2.95. The SMILES string of the molecule is COCCn1cc(NC2CCC3(CC2)OCCO3)cn1. The van der Waals surface area contributed by atoms with Crippen molar-refractivity contribution in [1.29, 1.82) is 0 Å². The first-order chi connectivity index (χ1) is 9.80. The molecule has 1 aromatic rings. The fourth-order valence-electron chi connectivity index (χ4n) is 2.97. The average Bonchev–Trinajstić information content (AvgIpc) is 3.09. The minimum Gasteiger partial charge on any atom is -0.383 e. The second-order valence-corrected chi connectivity index (χ2v) is 5.51. The van der Waals surface area contributed by atoms with Crippen LogP contribution in [0.1, 0.15) is 25.7 Å². The van der Waals surface area contributed by atoms with E-state index in [4.69, 9.17) is 14.2 Å². The number of nitrogens with zero attached hydrogens (tertiary/aromatic N) is 2. The highest BCUT2D eigenvalue weighted by Crippen LogP contribution is 2.36. The number of nitrogens with one attached hydrogen (secondary N) is 1. The molecule has 112 valence electrons. The topological polar surface area (TPSA) is 57.5 Å².